The van der Waals surface area contributed by atoms with Crippen LogP contribution in [0.2, 0.25) is 0 Å². The first kappa shape index (κ1) is 25.9. The molecular formula is C33H18FeN8O2+2. The number of carboxylic acid groups (broad SMARTS) is 1. The third-order valence-corrected chi connectivity index (χ3v) is 7.81. The molecule has 2 aliphatic heterocycles. The molecule has 4 aromatic carbocycles. The minimum absolute atomic E-state index is 0. The Hall–Kier alpha value is -5.77. The van der Waals surface area contributed by atoms with Crippen molar-refractivity contribution in [2.24, 2.45) is 0 Å². The molecule has 0 amide bonds. The number of fused-ring (bicyclic) bond motifs is 20. The first-order valence-corrected chi connectivity index (χ1v) is 13.6. The molecule has 2 aliphatic rings. The molecule has 44 heavy (non-hydrogen) atoms. The van der Waals surface area contributed by atoms with Crippen molar-refractivity contribution in [2.75, 3.05) is 0 Å². The van der Waals surface area contributed by atoms with Gasteiger partial charge in [-0.3, -0.25) is 0 Å². The first-order chi connectivity index (χ1) is 21.1. The first-order valence-electron chi connectivity index (χ1n) is 13.6. The Morgan fingerprint density at radius 2 is 0.864 bits per heavy atom. The molecule has 208 valence electrons. The summed E-state index contributed by atoms with van der Waals surface area (Å²) in [5, 5.41) is 12.9. The summed E-state index contributed by atoms with van der Waals surface area (Å²) >= 11 is 0. The number of carbonyl (C=O) groups is 1. The molecule has 0 spiro atoms. The Bertz CT molecular complexity index is 2510. The number of hydrogen-bond acceptors (Lipinski definition) is 7. The van der Waals surface area contributed by atoms with Crippen LogP contribution >= 0.6 is 0 Å². The molecule has 0 saturated carbocycles. The fourth-order valence-electron chi connectivity index (χ4n) is 5.87. The van der Waals surface area contributed by atoms with Crippen LogP contribution in [0.25, 0.3) is 89.7 Å². The predicted octanol–water partition coefficient (Wildman–Crippen LogP) is 6.56. The average Bonchev–Trinajstić information content (AvgIpc) is 3.76. The van der Waals surface area contributed by atoms with E-state index < -0.39 is 5.97 Å². The molecule has 0 fully saturated rings. The Morgan fingerprint density at radius 3 is 1.34 bits per heavy atom. The molecule has 0 saturated heterocycles. The van der Waals surface area contributed by atoms with Crippen LogP contribution in [0.3, 0.4) is 0 Å². The number of rotatable bonds is 1. The molecule has 0 radical (unpaired) electrons. The second-order valence-electron chi connectivity index (χ2n) is 10.3. The number of aromatic carboxylic acids is 1. The summed E-state index contributed by atoms with van der Waals surface area (Å²) in [7, 11) is 0. The minimum atomic E-state index is -1.07. The molecule has 3 aromatic heterocycles. The van der Waals surface area contributed by atoms with Crippen LogP contribution in [-0.2, 0) is 17.1 Å². The number of nitrogens with zero attached hydrogens (tertiary/aromatic N) is 6. The Labute approximate surface area is 258 Å². The van der Waals surface area contributed by atoms with Crippen molar-refractivity contribution in [1.82, 2.24) is 39.9 Å². The fraction of sp³-hybridized carbons (Fsp3) is 0. The summed E-state index contributed by atoms with van der Waals surface area (Å²) in [4.78, 5) is 48.5. The Morgan fingerprint density at radius 1 is 0.477 bits per heavy atom. The van der Waals surface area contributed by atoms with Gasteiger partial charge in [-0.2, -0.15) is 0 Å². The SMILES string of the molecule is O=C(O)c1cccc2c3nc4nc(nc5[nH]c(nc6nc(nc([nH]3)c12)-c1ccccc1-6)c1ccccc51)-c1ccccc1-4.[Fe+2]. The molecule has 8 bridgehead atoms. The van der Waals surface area contributed by atoms with Crippen molar-refractivity contribution in [1.29, 1.82) is 0 Å². The Kier molecular flexibility index (Phi) is 5.67. The van der Waals surface area contributed by atoms with Gasteiger partial charge < -0.3 is 15.1 Å². The number of benzene rings is 4. The fourth-order valence-corrected chi connectivity index (χ4v) is 5.87. The molecule has 10 nitrogen and oxygen atoms in total. The predicted molar refractivity (Wildman–Crippen MR) is 163 cm³/mol. The summed E-state index contributed by atoms with van der Waals surface area (Å²) in [5.41, 5.74) is 5.36. The van der Waals surface area contributed by atoms with E-state index >= 15 is 0 Å². The van der Waals surface area contributed by atoms with Crippen molar-refractivity contribution in [3.05, 3.63) is 96.6 Å². The molecule has 7 aromatic rings. The second-order valence-corrected chi connectivity index (χ2v) is 10.3. The number of H-pyrrole nitrogens is 2. The summed E-state index contributed by atoms with van der Waals surface area (Å²) in [5.74, 6) is 0.791. The van der Waals surface area contributed by atoms with E-state index in [4.69, 9.17) is 29.9 Å². The number of aromatic amines is 2. The van der Waals surface area contributed by atoms with Gasteiger partial charge in [0.1, 0.15) is 22.6 Å². The van der Waals surface area contributed by atoms with Crippen LogP contribution in [-0.4, -0.2) is 50.9 Å². The van der Waals surface area contributed by atoms with E-state index in [1.807, 2.05) is 78.9 Å². The van der Waals surface area contributed by atoms with Crippen LogP contribution < -0.4 is 0 Å². The smallest absolute Gasteiger partial charge is 0.478 e. The standard InChI is InChI=1S/C33H18N8O2.Fe/c42-33(43)23-15-7-14-22-24(23)32-40-30-21-13-6-5-12-20(21)28(38-30)36-26-17-9-2-1-8-16(17)25(34-26)35-27-18-10-3-4-11-19(18)29(37-27)39-31(22)41-32;/h1-15H,(H,42,43)(H2,34,35,36,37,38,39,40,41);/q;+2. The monoisotopic (exact) mass is 614 g/mol. The molecule has 5 heterocycles. The number of aromatic nitrogens is 8. The van der Waals surface area contributed by atoms with E-state index in [0.717, 1.165) is 33.0 Å². The largest absolute Gasteiger partial charge is 2.00 e. The quantitative estimate of drug-likeness (QED) is 0.176. The van der Waals surface area contributed by atoms with Crippen LogP contribution in [0.5, 0.6) is 0 Å². The van der Waals surface area contributed by atoms with E-state index in [1.54, 1.807) is 12.1 Å². The molecule has 0 aliphatic carbocycles. The summed E-state index contributed by atoms with van der Waals surface area (Å²) in [6.07, 6.45) is 0. The number of nitrogens with one attached hydrogen (secondary N) is 2. The molecule has 0 unspecified atom stereocenters. The summed E-state index contributed by atoms with van der Waals surface area (Å²) < 4.78 is 0. The van der Waals surface area contributed by atoms with Crippen LogP contribution in [0.4, 0.5) is 0 Å². The van der Waals surface area contributed by atoms with Gasteiger partial charge in [0.25, 0.3) is 0 Å². The van der Waals surface area contributed by atoms with Crippen LogP contribution in [0.1, 0.15) is 10.4 Å². The zero-order valence-electron chi connectivity index (χ0n) is 22.6. The van der Waals surface area contributed by atoms with Gasteiger partial charge in [0, 0.05) is 43.8 Å². The van der Waals surface area contributed by atoms with E-state index in [9.17, 15) is 9.90 Å². The maximum atomic E-state index is 12.3. The molecule has 11 heteroatoms. The van der Waals surface area contributed by atoms with E-state index in [0.29, 0.717) is 56.7 Å². The number of hydrogen-bond donors (Lipinski definition) is 3. The van der Waals surface area contributed by atoms with Crippen molar-refractivity contribution < 1.29 is 27.0 Å². The van der Waals surface area contributed by atoms with Gasteiger partial charge in [-0.15, -0.1) is 0 Å². The molecule has 3 N–H and O–H groups in total. The Balaban J connectivity index is 0.00000289. The van der Waals surface area contributed by atoms with E-state index in [2.05, 4.69) is 9.97 Å². The van der Waals surface area contributed by atoms with Crippen molar-refractivity contribution in [3.8, 4) is 45.6 Å². The van der Waals surface area contributed by atoms with E-state index in [1.165, 1.54) is 0 Å². The summed E-state index contributed by atoms with van der Waals surface area (Å²) in [6.45, 7) is 0. The zero-order valence-corrected chi connectivity index (χ0v) is 23.7. The topological polar surface area (TPSA) is 146 Å². The molecule has 9 rings (SSSR count). The van der Waals surface area contributed by atoms with Gasteiger partial charge in [-0.25, -0.2) is 34.7 Å². The molecular weight excluding hydrogens is 596 g/mol. The van der Waals surface area contributed by atoms with Crippen molar-refractivity contribution in [2.45, 2.75) is 0 Å². The van der Waals surface area contributed by atoms with Crippen LogP contribution in [0, 0.1) is 0 Å². The number of carboxylic acids is 1. The van der Waals surface area contributed by atoms with Gasteiger partial charge in [0.2, 0.25) is 0 Å². The van der Waals surface area contributed by atoms with Crippen molar-refractivity contribution in [3.63, 3.8) is 0 Å². The maximum absolute atomic E-state index is 12.3. The zero-order chi connectivity index (χ0) is 28.7. The van der Waals surface area contributed by atoms with Gasteiger partial charge in [0.05, 0.1) is 5.56 Å². The summed E-state index contributed by atoms with van der Waals surface area (Å²) in [6, 6.07) is 28.5. The third-order valence-electron chi connectivity index (χ3n) is 7.81. The normalized spacial score (nSPS) is 11.6. The second kappa shape index (κ2) is 9.63. The van der Waals surface area contributed by atoms with E-state index in [-0.39, 0.29) is 22.6 Å². The van der Waals surface area contributed by atoms with Crippen molar-refractivity contribution >= 4 is 50.1 Å². The van der Waals surface area contributed by atoms with Crippen LogP contribution in [0.15, 0.2) is 91.0 Å². The van der Waals surface area contributed by atoms with Gasteiger partial charge >= 0.3 is 23.0 Å². The van der Waals surface area contributed by atoms with Gasteiger partial charge in [-0.05, 0) is 6.07 Å². The molecule has 0 atom stereocenters. The van der Waals surface area contributed by atoms with Gasteiger partial charge in [0.15, 0.2) is 23.3 Å². The maximum Gasteiger partial charge on any atom is 2.00 e. The average molecular weight is 614 g/mol. The minimum Gasteiger partial charge on any atom is -0.478 e. The third kappa shape index (κ3) is 3.77. The van der Waals surface area contributed by atoms with Gasteiger partial charge in [-0.1, -0.05) is 84.9 Å².